The van der Waals surface area contributed by atoms with Gasteiger partial charge in [0.15, 0.2) is 5.76 Å². The van der Waals surface area contributed by atoms with Gasteiger partial charge in [-0.1, -0.05) is 36.4 Å². The van der Waals surface area contributed by atoms with E-state index in [4.69, 9.17) is 4.42 Å². The van der Waals surface area contributed by atoms with Gasteiger partial charge < -0.3 is 9.84 Å². The van der Waals surface area contributed by atoms with Gasteiger partial charge in [0.1, 0.15) is 11.3 Å². The Morgan fingerprint density at radius 3 is 2.58 bits per heavy atom. The van der Waals surface area contributed by atoms with E-state index in [1.165, 1.54) is 12.1 Å². The van der Waals surface area contributed by atoms with Crippen LogP contribution in [0.1, 0.15) is 29.3 Å². The molecule has 1 N–H and O–H groups in total. The van der Waals surface area contributed by atoms with Gasteiger partial charge in [-0.2, -0.15) is 18.3 Å². The monoisotopic (exact) mass is 330 g/mol. The molecule has 4 rings (SSSR count). The zero-order valence-electron chi connectivity index (χ0n) is 12.5. The molecule has 1 aliphatic rings. The van der Waals surface area contributed by atoms with E-state index in [0.29, 0.717) is 17.9 Å². The normalized spacial score (nSPS) is 17.8. The van der Waals surface area contributed by atoms with Gasteiger partial charge in [-0.25, -0.2) is 0 Å². The van der Waals surface area contributed by atoms with Crippen molar-refractivity contribution in [1.82, 2.24) is 5.43 Å². The third-order valence-electron chi connectivity index (χ3n) is 4.10. The van der Waals surface area contributed by atoms with Crippen LogP contribution < -0.4 is 5.43 Å². The highest BCUT2D eigenvalue weighted by molar-refractivity contribution is 6.02. The third-order valence-corrected chi connectivity index (χ3v) is 4.10. The third kappa shape index (κ3) is 2.54. The van der Waals surface area contributed by atoms with Crippen LogP contribution in [0, 0.1) is 0 Å². The molecular weight excluding hydrogens is 317 g/mol. The predicted octanol–water partition coefficient (Wildman–Crippen LogP) is 4.89. The second-order valence-electron chi connectivity index (χ2n) is 5.68. The first kappa shape index (κ1) is 14.8. The number of benzene rings is 2. The first-order chi connectivity index (χ1) is 11.5. The summed E-state index contributed by atoms with van der Waals surface area (Å²) < 4.78 is 45.3. The van der Waals surface area contributed by atoms with Gasteiger partial charge in [0, 0.05) is 11.8 Å². The lowest BCUT2D eigenvalue weighted by atomic mass is 9.96. The minimum Gasteiger partial charge on any atom is -0.455 e. The van der Waals surface area contributed by atoms with Crippen molar-refractivity contribution in [2.75, 3.05) is 0 Å². The minimum absolute atomic E-state index is 0.194. The van der Waals surface area contributed by atoms with Crippen LogP contribution in [0.25, 0.3) is 11.0 Å². The van der Waals surface area contributed by atoms with Crippen molar-refractivity contribution >= 4 is 16.7 Å². The van der Waals surface area contributed by atoms with Crippen LogP contribution in [0.3, 0.4) is 0 Å². The Bertz CT molecular complexity index is 894. The smallest absolute Gasteiger partial charge is 0.416 e. The summed E-state index contributed by atoms with van der Waals surface area (Å²) in [7, 11) is 0. The molecule has 3 aromatic rings. The molecule has 0 spiro atoms. The molecule has 2 heterocycles. The van der Waals surface area contributed by atoms with Crippen molar-refractivity contribution in [2.24, 2.45) is 5.10 Å². The van der Waals surface area contributed by atoms with Crippen molar-refractivity contribution in [3.05, 3.63) is 71.5 Å². The van der Waals surface area contributed by atoms with Gasteiger partial charge in [0.05, 0.1) is 11.6 Å². The molecule has 6 heteroatoms. The second-order valence-corrected chi connectivity index (χ2v) is 5.68. The number of rotatable bonds is 2. The number of hydrogen-bond donors (Lipinski definition) is 1. The van der Waals surface area contributed by atoms with E-state index in [2.05, 4.69) is 10.5 Å². The molecule has 1 aliphatic heterocycles. The van der Waals surface area contributed by atoms with Gasteiger partial charge in [0.2, 0.25) is 0 Å². The van der Waals surface area contributed by atoms with E-state index >= 15 is 0 Å². The van der Waals surface area contributed by atoms with E-state index in [9.17, 15) is 13.2 Å². The van der Waals surface area contributed by atoms with Crippen LogP contribution in [0.4, 0.5) is 13.2 Å². The fourth-order valence-electron chi connectivity index (χ4n) is 2.96. The zero-order valence-corrected chi connectivity index (χ0v) is 12.5. The number of nitrogens with zero attached hydrogens (tertiary/aromatic N) is 1. The minimum atomic E-state index is -4.39. The van der Waals surface area contributed by atoms with Gasteiger partial charge in [-0.15, -0.1) is 0 Å². The van der Waals surface area contributed by atoms with Crippen molar-refractivity contribution < 1.29 is 17.6 Å². The molecule has 0 radical (unpaired) electrons. The molecule has 1 aromatic heterocycles. The number of hydrogen-bond acceptors (Lipinski definition) is 3. The average molecular weight is 330 g/mol. The van der Waals surface area contributed by atoms with E-state index in [1.54, 1.807) is 6.07 Å². The summed E-state index contributed by atoms with van der Waals surface area (Å²) in [6.45, 7) is 0. The summed E-state index contributed by atoms with van der Waals surface area (Å²) in [5, 5.41) is 5.13. The van der Waals surface area contributed by atoms with Crippen molar-refractivity contribution in [2.45, 2.75) is 18.6 Å². The number of hydrazone groups is 1. The standard InChI is InChI=1S/C18H13F3N2O/c19-18(20,21)13-7-3-2-6-12(13)14-10-15(23-22-14)17-9-11-5-1-4-8-16(11)24-17/h1-9,14,22H,10H2. The first-order valence-corrected chi connectivity index (χ1v) is 7.49. The molecule has 122 valence electrons. The Kier molecular flexibility index (Phi) is 3.33. The Hall–Kier alpha value is -2.76. The Labute approximate surface area is 135 Å². The Balaban J connectivity index is 1.63. The van der Waals surface area contributed by atoms with Crippen LogP contribution >= 0.6 is 0 Å². The highest BCUT2D eigenvalue weighted by Crippen LogP contribution is 2.37. The molecule has 0 saturated heterocycles. The number of para-hydroxylation sites is 1. The number of alkyl halides is 3. The SMILES string of the molecule is FC(F)(F)c1ccccc1C1CC(c2cc3ccccc3o2)=NN1. The van der Waals surface area contributed by atoms with Crippen LogP contribution in [0.5, 0.6) is 0 Å². The fraction of sp³-hybridized carbons (Fsp3) is 0.167. The fourth-order valence-corrected chi connectivity index (χ4v) is 2.96. The summed E-state index contributed by atoms with van der Waals surface area (Å²) in [5.74, 6) is 0.579. The maximum Gasteiger partial charge on any atom is 0.416 e. The van der Waals surface area contributed by atoms with Gasteiger partial charge in [0.25, 0.3) is 0 Å². The number of furan rings is 1. The molecule has 2 aromatic carbocycles. The highest BCUT2D eigenvalue weighted by Gasteiger charge is 2.36. The van der Waals surface area contributed by atoms with Crippen LogP contribution in [0.2, 0.25) is 0 Å². The molecule has 0 fully saturated rings. The average Bonchev–Trinajstić information content (AvgIpc) is 3.20. The molecular formula is C18H13F3N2O. The maximum atomic E-state index is 13.2. The van der Waals surface area contributed by atoms with E-state index in [1.807, 2.05) is 30.3 Å². The van der Waals surface area contributed by atoms with Crippen LogP contribution in [-0.2, 0) is 6.18 Å². The summed E-state index contributed by atoms with van der Waals surface area (Å²) >= 11 is 0. The number of nitrogens with one attached hydrogen (secondary N) is 1. The van der Waals surface area contributed by atoms with Gasteiger partial charge >= 0.3 is 6.18 Å². The summed E-state index contributed by atoms with van der Waals surface area (Å²) in [6, 6.07) is 14.4. The zero-order chi connectivity index (χ0) is 16.7. The molecule has 1 atom stereocenters. The summed E-state index contributed by atoms with van der Waals surface area (Å²) in [4.78, 5) is 0. The van der Waals surface area contributed by atoms with E-state index in [-0.39, 0.29) is 5.56 Å². The van der Waals surface area contributed by atoms with Crippen molar-refractivity contribution in [3.8, 4) is 0 Å². The molecule has 3 nitrogen and oxygen atoms in total. The van der Waals surface area contributed by atoms with E-state index < -0.39 is 17.8 Å². The molecule has 1 unspecified atom stereocenters. The molecule has 0 bridgehead atoms. The topological polar surface area (TPSA) is 37.5 Å². The van der Waals surface area contributed by atoms with Crippen molar-refractivity contribution in [1.29, 1.82) is 0 Å². The largest absolute Gasteiger partial charge is 0.455 e. The number of fused-ring (bicyclic) bond motifs is 1. The predicted molar refractivity (Wildman–Crippen MR) is 84.7 cm³/mol. The van der Waals surface area contributed by atoms with E-state index in [0.717, 1.165) is 17.0 Å². The lowest BCUT2D eigenvalue weighted by Gasteiger charge is -2.17. The summed E-state index contributed by atoms with van der Waals surface area (Å²) in [5.41, 5.74) is 3.71. The maximum absolute atomic E-state index is 13.2. The highest BCUT2D eigenvalue weighted by atomic mass is 19.4. The molecule has 0 saturated carbocycles. The Morgan fingerprint density at radius 1 is 1.04 bits per heavy atom. The van der Waals surface area contributed by atoms with Crippen LogP contribution in [0.15, 0.2) is 64.1 Å². The molecule has 0 aliphatic carbocycles. The lowest BCUT2D eigenvalue weighted by molar-refractivity contribution is -0.138. The quantitative estimate of drug-likeness (QED) is 0.726. The van der Waals surface area contributed by atoms with Crippen molar-refractivity contribution in [3.63, 3.8) is 0 Å². The molecule has 0 amide bonds. The molecule has 24 heavy (non-hydrogen) atoms. The van der Waals surface area contributed by atoms with Gasteiger partial charge in [-0.3, -0.25) is 0 Å². The van der Waals surface area contributed by atoms with Crippen LogP contribution in [-0.4, -0.2) is 5.71 Å². The van der Waals surface area contributed by atoms with Gasteiger partial charge in [-0.05, 0) is 23.8 Å². The second kappa shape index (κ2) is 5.40. The number of halogens is 3. The lowest BCUT2D eigenvalue weighted by Crippen LogP contribution is -2.17. The Morgan fingerprint density at radius 2 is 1.79 bits per heavy atom. The first-order valence-electron chi connectivity index (χ1n) is 7.49. The summed E-state index contributed by atoms with van der Waals surface area (Å²) in [6.07, 6.45) is -4.05.